The van der Waals surface area contributed by atoms with Crippen LogP contribution in [0.4, 0.5) is 9.18 Å². The first-order valence-electron chi connectivity index (χ1n) is 11.8. The standard InChI is InChI=1S/C26H34FNO6S/c1-3-17-35-18-5-14-28(26(31)34-23-12-8-21(27)9-13-23)15-16-33-22-10-6-20(7-11-22)19-24(25(29)30)32-4-2/h6-13,24H,3-5,14-19H2,1-2H3,(H,29,30). The lowest BCUT2D eigenvalue weighted by molar-refractivity contribution is -0.149. The second-order valence-electron chi connectivity index (χ2n) is 7.75. The molecule has 2 aromatic rings. The number of rotatable bonds is 16. The van der Waals surface area contributed by atoms with Gasteiger partial charge in [-0.15, -0.1) is 0 Å². The summed E-state index contributed by atoms with van der Waals surface area (Å²) in [6.07, 6.45) is 0.802. The Morgan fingerprint density at radius 1 is 1.00 bits per heavy atom. The van der Waals surface area contributed by atoms with Crippen molar-refractivity contribution in [3.05, 3.63) is 59.9 Å². The number of nitrogens with zero attached hydrogens (tertiary/aromatic N) is 1. The lowest BCUT2D eigenvalue weighted by Crippen LogP contribution is -2.37. The highest BCUT2D eigenvalue weighted by Crippen LogP contribution is 2.16. The van der Waals surface area contributed by atoms with Gasteiger partial charge in [-0.2, -0.15) is 11.8 Å². The van der Waals surface area contributed by atoms with Crippen molar-refractivity contribution in [3.8, 4) is 11.5 Å². The molecule has 192 valence electrons. The van der Waals surface area contributed by atoms with Gasteiger partial charge >= 0.3 is 12.1 Å². The molecule has 35 heavy (non-hydrogen) atoms. The number of halogens is 1. The number of carboxylic acids is 1. The first-order chi connectivity index (χ1) is 16.9. The smallest absolute Gasteiger partial charge is 0.415 e. The molecule has 0 radical (unpaired) electrons. The van der Waals surface area contributed by atoms with Gasteiger partial charge in [0.25, 0.3) is 0 Å². The summed E-state index contributed by atoms with van der Waals surface area (Å²) in [5.41, 5.74) is 0.826. The van der Waals surface area contributed by atoms with Gasteiger partial charge in [0, 0.05) is 19.6 Å². The van der Waals surface area contributed by atoms with E-state index in [0.717, 1.165) is 29.9 Å². The zero-order chi connectivity index (χ0) is 25.5. The van der Waals surface area contributed by atoms with Gasteiger partial charge in [-0.05, 0) is 73.2 Å². The van der Waals surface area contributed by atoms with Crippen LogP contribution >= 0.6 is 11.8 Å². The highest BCUT2D eigenvalue weighted by atomic mass is 32.2. The van der Waals surface area contributed by atoms with E-state index in [2.05, 4.69) is 6.92 Å². The summed E-state index contributed by atoms with van der Waals surface area (Å²) >= 11 is 1.85. The fourth-order valence-electron chi connectivity index (χ4n) is 3.19. The van der Waals surface area contributed by atoms with Gasteiger partial charge in [-0.3, -0.25) is 0 Å². The zero-order valence-electron chi connectivity index (χ0n) is 20.3. The van der Waals surface area contributed by atoms with E-state index in [1.165, 1.54) is 24.3 Å². The van der Waals surface area contributed by atoms with Crippen molar-refractivity contribution >= 4 is 23.8 Å². The Balaban J connectivity index is 1.89. The van der Waals surface area contributed by atoms with Crippen LogP contribution in [0.3, 0.4) is 0 Å². The number of thioether (sulfide) groups is 1. The van der Waals surface area contributed by atoms with Crippen LogP contribution in [-0.2, 0) is 16.0 Å². The summed E-state index contributed by atoms with van der Waals surface area (Å²) < 4.78 is 29.6. The molecule has 0 fully saturated rings. The van der Waals surface area contributed by atoms with Crippen LogP contribution in [0, 0.1) is 5.82 Å². The molecule has 0 saturated carbocycles. The topological polar surface area (TPSA) is 85.3 Å². The maximum Gasteiger partial charge on any atom is 0.415 e. The normalized spacial score (nSPS) is 11.6. The second kappa shape index (κ2) is 16.0. The summed E-state index contributed by atoms with van der Waals surface area (Å²) in [7, 11) is 0. The average molecular weight is 508 g/mol. The Bertz CT molecular complexity index is 894. The monoisotopic (exact) mass is 507 g/mol. The summed E-state index contributed by atoms with van der Waals surface area (Å²) in [5.74, 6) is 1.53. The molecule has 1 atom stereocenters. The molecule has 0 bridgehead atoms. The van der Waals surface area contributed by atoms with Gasteiger partial charge in [-0.25, -0.2) is 14.0 Å². The van der Waals surface area contributed by atoms with Crippen molar-refractivity contribution < 1.29 is 33.3 Å². The number of carbonyl (C=O) groups is 2. The molecule has 0 aromatic heterocycles. The van der Waals surface area contributed by atoms with Crippen LogP contribution in [0.5, 0.6) is 11.5 Å². The molecule has 0 heterocycles. The minimum absolute atomic E-state index is 0.261. The van der Waals surface area contributed by atoms with Gasteiger partial charge in [0.05, 0.1) is 6.54 Å². The molecular formula is C26H34FNO6S. The van der Waals surface area contributed by atoms with Crippen molar-refractivity contribution in [1.29, 1.82) is 0 Å². The second-order valence-corrected chi connectivity index (χ2v) is 8.98. The third-order valence-electron chi connectivity index (χ3n) is 4.96. The Morgan fingerprint density at radius 2 is 1.69 bits per heavy atom. The minimum atomic E-state index is -0.993. The molecule has 0 aliphatic rings. The highest BCUT2D eigenvalue weighted by molar-refractivity contribution is 7.99. The molecule has 2 aromatic carbocycles. The maximum atomic E-state index is 13.1. The van der Waals surface area contributed by atoms with Crippen molar-refractivity contribution in [1.82, 2.24) is 4.90 Å². The Kier molecular flexibility index (Phi) is 13.0. The van der Waals surface area contributed by atoms with E-state index in [1.807, 2.05) is 11.8 Å². The number of carbonyl (C=O) groups excluding carboxylic acids is 1. The predicted octanol–water partition coefficient (Wildman–Crippen LogP) is 5.27. The predicted molar refractivity (Wildman–Crippen MR) is 135 cm³/mol. The third kappa shape index (κ3) is 11.0. The highest BCUT2D eigenvalue weighted by Gasteiger charge is 2.18. The molecule has 0 spiro atoms. The van der Waals surface area contributed by atoms with Crippen LogP contribution in [0.15, 0.2) is 48.5 Å². The summed E-state index contributed by atoms with van der Waals surface area (Å²) in [6, 6.07) is 12.5. The van der Waals surface area contributed by atoms with Crippen molar-refractivity contribution in [2.75, 3.05) is 37.8 Å². The quantitative estimate of drug-likeness (QED) is 0.310. The van der Waals surface area contributed by atoms with Crippen molar-refractivity contribution in [2.24, 2.45) is 0 Å². The van der Waals surface area contributed by atoms with E-state index >= 15 is 0 Å². The minimum Gasteiger partial charge on any atom is -0.492 e. The lowest BCUT2D eigenvalue weighted by Gasteiger charge is -2.22. The van der Waals surface area contributed by atoms with E-state index in [4.69, 9.17) is 14.2 Å². The number of hydrogen-bond donors (Lipinski definition) is 1. The van der Waals surface area contributed by atoms with Gasteiger partial charge in [0.15, 0.2) is 6.10 Å². The van der Waals surface area contributed by atoms with E-state index in [1.54, 1.807) is 36.1 Å². The molecule has 0 aliphatic heterocycles. The fourth-order valence-corrected chi connectivity index (χ4v) is 4.02. The lowest BCUT2D eigenvalue weighted by atomic mass is 10.1. The molecular weight excluding hydrogens is 473 g/mol. The van der Waals surface area contributed by atoms with Gasteiger partial charge in [0.2, 0.25) is 0 Å². The Labute approximate surface area is 210 Å². The molecule has 9 heteroatoms. The molecule has 1 amide bonds. The first-order valence-corrected chi connectivity index (χ1v) is 12.9. The van der Waals surface area contributed by atoms with Crippen LogP contribution in [0.1, 0.15) is 32.3 Å². The fraction of sp³-hybridized carbons (Fsp3) is 0.462. The largest absolute Gasteiger partial charge is 0.492 e. The number of carboxylic acid groups (broad SMARTS) is 1. The van der Waals surface area contributed by atoms with Crippen LogP contribution < -0.4 is 9.47 Å². The summed E-state index contributed by atoms with van der Waals surface area (Å²) in [6.45, 7) is 5.33. The molecule has 7 nitrogen and oxygen atoms in total. The van der Waals surface area contributed by atoms with Crippen molar-refractivity contribution in [3.63, 3.8) is 0 Å². The molecule has 0 saturated heterocycles. The average Bonchev–Trinajstić information content (AvgIpc) is 2.84. The number of ether oxygens (including phenoxy) is 3. The van der Waals surface area contributed by atoms with E-state index in [-0.39, 0.29) is 18.8 Å². The van der Waals surface area contributed by atoms with Gasteiger partial charge in [0.1, 0.15) is 23.9 Å². The van der Waals surface area contributed by atoms with Crippen LogP contribution in [0.2, 0.25) is 0 Å². The van der Waals surface area contributed by atoms with Crippen LogP contribution in [-0.4, -0.2) is 66.0 Å². The zero-order valence-corrected chi connectivity index (χ0v) is 21.1. The van der Waals surface area contributed by atoms with Crippen LogP contribution in [0.25, 0.3) is 0 Å². The maximum absolute atomic E-state index is 13.1. The summed E-state index contributed by atoms with van der Waals surface area (Å²) in [4.78, 5) is 25.6. The number of aliphatic carboxylic acids is 1. The van der Waals surface area contributed by atoms with Crippen molar-refractivity contribution in [2.45, 2.75) is 39.2 Å². The van der Waals surface area contributed by atoms with E-state index < -0.39 is 24.0 Å². The molecule has 0 aliphatic carbocycles. The molecule has 2 rings (SSSR count). The number of amides is 1. The Hall–Kier alpha value is -2.78. The number of hydrogen-bond acceptors (Lipinski definition) is 6. The van der Waals surface area contributed by atoms with E-state index in [0.29, 0.717) is 25.4 Å². The summed E-state index contributed by atoms with van der Waals surface area (Å²) in [5, 5.41) is 9.23. The van der Waals surface area contributed by atoms with Gasteiger partial charge < -0.3 is 24.2 Å². The first kappa shape index (κ1) is 28.5. The van der Waals surface area contributed by atoms with Gasteiger partial charge in [-0.1, -0.05) is 19.1 Å². The third-order valence-corrected chi connectivity index (χ3v) is 6.23. The molecule has 1 N–H and O–H groups in total. The number of benzene rings is 2. The molecule has 1 unspecified atom stereocenters. The SMILES string of the molecule is CCCSCCCN(CCOc1ccc(CC(OCC)C(=O)O)cc1)C(=O)Oc1ccc(F)cc1. The van der Waals surface area contributed by atoms with E-state index in [9.17, 15) is 19.1 Å². The Morgan fingerprint density at radius 3 is 2.31 bits per heavy atom.